The van der Waals surface area contributed by atoms with E-state index in [0.717, 1.165) is 33.4 Å². The van der Waals surface area contributed by atoms with Gasteiger partial charge in [0.2, 0.25) is 0 Å². The second-order valence-corrected chi connectivity index (χ2v) is 16.6. The molecule has 0 aromatic heterocycles. The van der Waals surface area contributed by atoms with Crippen LogP contribution in [0.1, 0.15) is 137 Å². The number of rotatable bonds is 18. The van der Waals surface area contributed by atoms with Gasteiger partial charge in [-0.15, -0.1) is 0 Å². The van der Waals surface area contributed by atoms with Gasteiger partial charge in [-0.25, -0.2) is 28.8 Å². The minimum atomic E-state index is -1.42. The van der Waals surface area contributed by atoms with Crippen LogP contribution in [0.4, 0.5) is 0 Å². The molecule has 72 heavy (non-hydrogen) atoms. The van der Waals surface area contributed by atoms with E-state index >= 15 is 28.8 Å². The summed E-state index contributed by atoms with van der Waals surface area (Å²) in [4.78, 5) is 91.6. The van der Waals surface area contributed by atoms with Crippen LogP contribution in [-0.2, 0) is 38.5 Å². The van der Waals surface area contributed by atoms with Gasteiger partial charge in [-0.05, 0) is 145 Å². The Morgan fingerprint density at radius 2 is 0.333 bits per heavy atom. The van der Waals surface area contributed by atoms with Crippen molar-refractivity contribution in [2.45, 2.75) is 80.1 Å². The molecule has 7 rings (SSSR count). The topological polar surface area (TPSA) is 158 Å². The Bertz CT molecular complexity index is 2510. The Labute approximate surface area is 418 Å². The number of esters is 6. The zero-order valence-electron chi connectivity index (χ0n) is 41.0. The summed E-state index contributed by atoms with van der Waals surface area (Å²) in [6.45, 7) is 11.6. The summed E-state index contributed by atoms with van der Waals surface area (Å²) in [5.41, 5.74) is -0.511. The number of benzene rings is 7. The predicted octanol–water partition coefficient (Wildman–Crippen LogP) is 12.4. The van der Waals surface area contributed by atoms with Crippen molar-refractivity contribution in [1.82, 2.24) is 0 Å². The molecule has 0 unspecified atom stereocenters. The molecule has 0 bridgehead atoms. The largest absolute Gasteiger partial charge is 0.423 e. The van der Waals surface area contributed by atoms with Gasteiger partial charge >= 0.3 is 35.8 Å². The normalized spacial score (nSPS) is 10.8. The first-order chi connectivity index (χ1) is 34.9. The molecule has 0 spiro atoms. The molecule has 0 atom stereocenters. The monoisotopic (exact) mass is 966 g/mol. The van der Waals surface area contributed by atoms with E-state index in [-0.39, 0.29) is 34.5 Å². The maximum absolute atomic E-state index is 15.3. The maximum Gasteiger partial charge on any atom is 0.345 e. The van der Waals surface area contributed by atoms with Crippen LogP contribution in [0, 0.1) is 0 Å². The van der Waals surface area contributed by atoms with Crippen LogP contribution in [0.2, 0.25) is 0 Å². The lowest BCUT2D eigenvalue weighted by Gasteiger charge is -2.22. The van der Waals surface area contributed by atoms with Gasteiger partial charge < -0.3 is 28.4 Å². The van der Waals surface area contributed by atoms with Gasteiger partial charge in [-0.3, -0.25) is 0 Å². The number of hydrogen-bond acceptors (Lipinski definition) is 12. The number of aryl methyl sites for hydroxylation is 6. The molecule has 0 aliphatic heterocycles. The van der Waals surface area contributed by atoms with Crippen LogP contribution < -0.4 is 28.4 Å². The second kappa shape index (κ2) is 23.8. The number of carbonyl (C=O) groups is 6. The summed E-state index contributed by atoms with van der Waals surface area (Å²) in [7, 11) is 0. The number of hydrogen-bond donors (Lipinski definition) is 0. The smallest absolute Gasteiger partial charge is 0.345 e. The third kappa shape index (κ3) is 12.2. The molecular formula is C60H54O12. The molecular weight excluding hydrogens is 913 g/mol. The molecule has 0 aliphatic rings. The highest BCUT2D eigenvalue weighted by Gasteiger charge is 2.44. The van der Waals surface area contributed by atoms with Crippen LogP contribution in [0.25, 0.3) is 0 Å². The Balaban J connectivity index is 1.60. The molecule has 12 nitrogen and oxygen atoms in total. The van der Waals surface area contributed by atoms with Crippen molar-refractivity contribution in [3.63, 3.8) is 0 Å². The first-order valence-electron chi connectivity index (χ1n) is 24.0. The van der Waals surface area contributed by atoms with E-state index in [0.29, 0.717) is 38.5 Å². The lowest BCUT2D eigenvalue weighted by atomic mass is 9.85. The van der Waals surface area contributed by atoms with Gasteiger partial charge in [-0.1, -0.05) is 114 Å². The van der Waals surface area contributed by atoms with Crippen molar-refractivity contribution in [3.8, 4) is 34.5 Å². The molecule has 0 aliphatic carbocycles. The van der Waals surface area contributed by atoms with Crippen molar-refractivity contribution >= 4 is 35.8 Å². The van der Waals surface area contributed by atoms with Crippen molar-refractivity contribution in [3.05, 3.63) is 212 Å². The van der Waals surface area contributed by atoms with Crippen LogP contribution >= 0.6 is 0 Å². The zero-order valence-corrected chi connectivity index (χ0v) is 41.0. The van der Waals surface area contributed by atoms with Crippen LogP contribution in [0.5, 0.6) is 34.5 Å². The minimum absolute atomic E-state index is 0.0413. The molecule has 0 amide bonds. The Kier molecular flexibility index (Phi) is 16.9. The number of ether oxygens (including phenoxy) is 6. The summed E-state index contributed by atoms with van der Waals surface area (Å²) in [5.74, 6) is -8.76. The summed E-state index contributed by atoms with van der Waals surface area (Å²) < 4.78 is 35.7. The highest BCUT2D eigenvalue weighted by Crippen LogP contribution is 2.36. The van der Waals surface area contributed by atoms with E-state index < -0.39 is 69.2 Å². The molecule has 366 valence electrons. The van der Waals surface area contributed by atoms with Gasteiger partial charge in [0.05, 0.1) is 33.4 Å². The van der Waals surface area contributed by atoms with Crippen molar-refractivity contribution in [2.75, 3.05) is 0 Å². The van der Waals surface area contributed by atoms with Gasteiger partial charge in [0.25, 0.3) is 0 Å². The average molecular weight is 967 g/mol. The lowest BCUT2D eigenvalue weighted by Crippen LogP contribution is -2.34. The first-order valence-corrected chi connectivity index (χ1v) is 24.0. The Morgan fingerprint density at radius 1 is 0.222 bits per heavy atom. The molecule has 0 saturated carbocycles. The van der Waals surface area contributed by atoms with Gasteiger partial charge in [0.15, 0.2) is 0 Å². The average Bonchev–Trinajstić information content (AvgIpc) is 3.41. The van der Waals surface area contributed by atoms with E-state index in [4.69, 9.17) is 28.4 Å². The van der Waals surface area contributed by atoms with Crippen LogP contribution in [-0.4, -0.2) is 35.8 Å². The van der Waals surface area contributed by atoms with E-state index in [1.807, 2.05) is 41.5 Å². The van der Waals surface area contributed by atoms with E-state index in [1.165, 1.54) is 72.8 Å². The number of carbonyl (C=O) groups excluding carboxylic acids is 6. The third-order valence-corrected chi connectivity index (χ3v) is 12.0. The molecule has 7 aromatic rings. The molecule has 12 heteroatoms. The first kappa shape index (κ1) is 51.2. The summed E-state index contributed by atoms with van der Waals surface area (Å²) >= 11 is 0. The van der Waals surface area contributed by atoms with Gasteiger partial charge in [0, 0.05) is 0 Å². The Hall–Kier alpha value is -8.64. The highest BCUT2D eigenvalue weighted by atomic mass is 16.6. The highest BCUT2D eigenvalue weighted by molar-refractivity contribution is 6.25. The van der Waals surface area contributed by atoms with Gasteiger partial charge in [-0.2, -0.15) is 0 Å². The van der Waals surface area contributed by atoms with Crippen LogP contribution in [0.3, 0.4) is 0 Å². The van der Waals surface area contributed by atoms with Gasteiger partial charge in [0.1, 0.15) is 34.5 Å². The molecule has 0 heterocycles. The SMILES string of the molecule is CCc1ccc(OC(=O)c2c(C(=O)Oc3ccc(CC)cc3)c(C(=O)Oc3ccc(CC)cc3)c(C(=O)Oc3ccc(CC)cc3)c(C(=O)Oc3ccc(CC)cc3)c2C(=O)Oc2ccc(CC)cc2)cc1. The van der Waals surface area contributed by atoms with Crippen molar-refractivity contribution in [2.24, 2.45) is 0 Å². The fourth-order valence-electron chi connectivity index (χ4n) is 7.68. The predicted molar refractivity (Wildman–Crippen MR) is 271 cm³/mol. The van der Waals surface area contributed by atoms with E-state index in [1.54, 1.807) is 72.8 Å². The molecule has 0 N–H and O–H groups in total. The molecule has 0 saturated heterocycles. The summed E-state index contributed by atoms with van der Waals surface area (Å²) in [5, 5.41) is 0. The second-order valence-electron chi connectivity index (χ2n) is 16.6. The summed E-state index contributed by atoms with van der Waals surface area (Å²) in [6.07, 6.45) is 3.91. The van der Waals surface area contributed by atoms with Crippen molar-refractivity contribution < 1.29 is 57.2 Å². The third-order valence-electron chi connectivity index (χ3n) is 12.0. The summed E-state index contributed by atoms with van der Waals surface area (Å²) in [6, 6.07) is 38.4. The van der Waals surface area contributed by atoms with Crippen LogP contribution in [0.15, 0.2) is 146 Å². The zero-order chi connectivity index (χ0) is 51.3. The molecule has 0 radical (unpaired) electrons. The van der Waals surface area contributed by atoms with Crippen molar-refractivity contribution in [1.29, 1.82) is 0 Å². The van der Waals surface area contributed by atoms with E-state index in [9.17, 15) is 0 Å². The molecule has 0 fully saturated rings. The molecule has 7 aromatic carbocycles. The fraction of sp³-hybridized carbons (Fsp3) is 0.200. The maximum atomic E-state index is 15.3. The van der Waals surface area contributed by atoms with E-state index in [2.05, 4.69) is 0 Å². The Morgan fingerprint density at radius 3 is 0.431 bits per heavy atom. The fourth-order valence-corrected chi connectivity index (χ4v) is 7.68. The lowest BCUT2D eigenvalue weighted by molar-refractivity contribution is 0.0635. The quantitative estimate of drug-likeness (QED) is 0.0593. The standard InChI is InChI=1S/C60H54O12/c1-7-37-13-25-43(26-14-37)67-55(61)49-50(56(62)68-44-27-15-38(8-2)16-28-44)52(58(64)70-46-31-19-40(10-4)20-32-46)54(60(66)72-48-35-23-42(12-6)24-36-48)53(59(65)71-47-33-21-41(11-5)22-34-47)51(49)57(63)69-45-29-17-39(9-3)18-30-45/h13-36H,7-12H2,1-6H3. The minimum Gasteiger partial charge on any atom is -0.423 e.